The molecular formula is C20H20FN5O. The summed E-state index contributed by atoms with van der Waals surface area (Å²) in [6.07, 6.45) is 5.97. The second-order valence-corrected chi connectivity index (χ2v) is 6.57. The van der Waals surface area contributed by atoms with E-state index in [1.807, 2.05) is 12.3 Å². The fourth-order valence-corrected chi connectivity index (χ4v) is 3.47. The molecule has 0 amide bonds. The van der Waals surface area contributed by atoms with E-state index in [2.05, 4.69) is 31.8 Å². The first-order chi connectivity index (χ1) is 13.1. The first-order valence-electron chi connectivity index (χ1n) is 8.82. The third kappa shape index (κ3) is 3.09. The molecule has 1 aromatic carbocycles. The van der Waals surface area contributed by atoms with E-state index in [0.717, 1.165) is 29.9 Å². The average Bonchev–Trinajstić information content (AvgIpc) is 2.70. The number of halogens is 1. The molecule has 1 aliphatic rings. The van der Waals surface area contributed by atoms with Gasteiger partial charge in [-0.1, -0.05) is 0 Å². The lowest BCUT2D eigenvalue weighted by molar-refractivity contribution is 0.385. The summed E-state index contributed by atoms with van der Waals surface area (Å²) < 4.78 is 19.3. The van der Waals surface area contributed by atoms with Crippen LogP contribution in [0.4, 0.5) is 10.1 Å². The van der Waals surface area contributed by atoms with Crippen molar-refractivity contribution < 1.29 is 9.13 Å². The van der Waals surface area contributed by atoms with Gasteiger partial charge in [-0.05, 0) is 31.5 Å². The van der Waals surface area contributed by atoms with Gasteiger partial charge in [0.2, 0.25) is 0 Å². The molecule has 1 atom stereocenters. The van der Waals surface area contributed by atoms with Crippen LogP contribution in [0.15, 0.2) is 36.8 Å². The molecule has 0 aliphatic carbocycles. The molecule has 0 spiro atoms. The van der Waals surface area contributed by atoms with Gasteiger partial charge in [-0.2, -0.15) is 0 Å². The molecule has 0 fully saturated rings. The Balaban J connectivity index is 1.68. The zero-order chi connectivity index (χ0) is 19.0. The van der Waals surface area contributed by atoms with Crippen LogP contribution in [0.5, 0.6) is 5.75 Å². The molecule has 3 aromatic rings. The van der Waals surface area contributed by atoms with Gasteiger partial charge < -0.3 is 9.64 Å². The number of fused-ring (bicyclic) bond motifs is 1. The van der Waals surface area contributed by atoms with Gasteiger partial charge in [0.25, 0.3) is 0 Å². The third-order valence-electron chi connectivity index (χ3n) is 4.93. The fourth-order valence-electron chi connectivity index (χ4n) is 3.47. The lowest BCUT2D eigenvalue weighted by Crippen LogP contribution is -2.34. The summed E-state index contributed by atoms with van der Waals surface area (Å²) in [7, 11) is 1.48. The Labute approximate surface area is 157 Å². The highest BCUT2D eigenvalue weighted by molar-refractivity contribution is 5.57. The number of benzene rings is 1. The number of anilines is 1. The first kappa shape index (κ1) is 17.3. The van der Waals surface area contributed by atoms with Crippen molar-refractivity contribution in [3.05, 3.63) is 59.4 Å². The van der Waals surface area contributed by atoms with Crippen molar-refractivity contribution in [1.29, 1.82) is 0 Å². The zero-order valence-corrected chi connectivity index (χ0v) is 15.5. The molecular weight excluding hydrogens is 345 g/mol. The third-order valence-corrected chi connectivity index (χ3v) is 4.93. The summed E-state index contributed by atoms with van der Waals surface area (Å²) in [4.78, 5) is 19.8. The standard InChI is InChI=1S/C20H20FN5O/c1-12-9-14(10-17(27-3)18(12)21)26-8-5-16-15(13(26)2)11-24-20(25-16)19-22-6-4-7-23-19/h4,6-7,9-11,13H,5,8H2,1-3H3/t13-/m1/s1. The van der Waals surface area contributed by atoms with E-state index >= 15 is 0 Å². The number of rotatable bonds is 3. The molecule has 138 valence electrons. The molecule has 27 heavy (non-hydrogen) atoms. The summed E-state index contributed by atoms with van der Waals surface area (Å²) in [6.45, 7) is 4.62. The minimum absolute atomic E-state index is 0.0639. The number of hydrogen-bond donors (Lipinski definition) is 0. The molecule has 6 nitrogen and oxygen atoms in total. The van der Waals surface area contributed by atoms with Crippen LogP contribution in [0.2, 0.25) is 0 Å². The van der Waals surface area contributed by atoms with E-state index in [0.29, 0.717) is 17.2 Å². The molecule has 2 aromatic heterocycles. The van der Waals surface area contributed by atoms with Gasteiger partial charge in [-0.25, -0.2) is 24.3 Å². The Kier molecular flexibility index (Phi) is 4.43. The van der Waals surface area contributed by atoms with Gasteiger partial charge in [0.05, 0.1) is 18.8 Å². The van der Waals surface area contributed by atoms with Gasteiger partial charge in [0.15, 0.2) is 23.2 Å². The highest BCUT2D eigenvalue weighted by Crippen LogP contribution is 2.36. The van der Waals surface area contributed by atoms with Crippen molar-refractivity contribution in [3.63, 3.8) is 0 Å². The summed E-state index contributed by atoms with van der Waals surface area (Å²) in [6, 6.07) is 5.43. The van der Waals surface area contributed by atoms with Gasteiger partial charge >= 0.3 is 0 Å². The molecule has 0 N–H and O–H groups in total. The molecule has 0 unspecified atom stereocenters. The Morgan fingerprint density at radius 2 is 1.93 bits per heavy atom. The van der Waals surface area contributed by atoms with Gasteiger partial charge in [-0.3, -0.25) is 0 Å². The first-order valence-corrected chi connectivity index (χ1v) is 8.82. The van der Waals surface area contributed by atoms with Crippen molar-refractivity contribution in [1.82, 2.24) is 19.9 Å². The highest BCUT2D eigenvalue weighted by Gasteiger charge is 2.27. The summed E-state index contributed by atoms with van der Waals surface area (Å²) in [5.41, 5.74) is 3.55. The van der Waals surface area contributed by atoms with E-state index in [4.69, 9.17) is 4.74 Å². The largest absolute Gasteiger partial charge is 0.494 e. The maximum absolute atomic E-state index is 14.1. The van der Waals surface area contributed by atoms with E-state index in [9.17, 15) is 4.39 Å². The molecule has 0 radical (unpaired) electrons. The fraction of sp³-hybridized carbons (Fsp3) is 0.300. The zero-order valence-electron chi connectivity index (χ0n) is 15.5. The van der Waals surface area contributed by atoms with Gasteiger partial charge in [-0.15, -0.1) is 0 Å². The highest BCUT2D eigenvalue weighted by atomic mass is 19.1. The average molecular weight is 365 g/mol. The Morgan fingerprint density at radius 1 is 1.15 bits per heavy atom. The Bertz CT molecular complexity index is 980. The van der Waals surface area contributed by atoms with Crippen molar-refractivity contribution in [2.45, 2.75) is 26.3 Å². The van der Waals surface area contributed by atoms with E-state index in [1.165, 1.54) is 7.11 Å². The predicted molar refractivity (Wildman–Crippen MR) is 100 cm³/mol. The number of hydrogen-bond acceptors (Lipinski definition) is 6. The normalized spacial score (nSPS) is 16.1. The predicted octanol–water partition coefficient (Wildman–Crippen LogP) is 3.51. The van der Waals surface area contributed by atoms with Gasteiger partial charge in [0.1, 0.15) is 0 Å². The molecule has 4 rings (SSSR count). The van der Waals surface area contributed by atoms with Crippen LogP contribution in [0.1, 0.15) is 29.8 Å². The van der Waals surface area contributed by atoms with Crippen LogP contribution in [0.3, 0.4) is 0 Å². The minimum Gasteiger partial charge on any atom is -0.494 e. The van der Waals surface area contributed by atoms with Crippen LogP contribution >= 0.6 is 0 Å². The van der Waals surface area contributed by atoms with Crippen LogP contribution in [-0.2, 0) is 6.42 Å². The molecule has 0 saturated heterocycles. The monoisotopic (exact) mass is 365 g/mol. The lowest BCUT2D eigenvalue weighted by Gasteiger charge is -2.36. The molecule has 0 bridgehead atoms. The summed E-state index contributed by atoms with van der Waals surface area (Å²) in [5.74, 6) is 1.00. The number of aryl methyl sites for hydroxylation is 1. The van der Waals surface area contributed by atoms with Crippen molar-refractivity contribution in [2.24, 2.45) is 0 Å². The SMILES string of the molecule is COc1cc(N2CCc3nc(-c4ncccn4)ncc3[C@H]2C)cc(C)c1F. The Hall–Kier alpha value is -3.09. The van der Waals surface area contributed by atoms with Crippen LogP contribution in [0.25, 0.3) is 11.6 Å². The molecule has 0 saturated carbocycles. The van der Waals surface area contributed by atoms with Crippen molar-refractivity contribution in [3.8, 4) is 17.4 Å². The summed E-state index contributed by atoms with van der Waals surface area (Å²) in [5, 5.41) is 0. The molecule has 7 heteroatoms. The van der Waals surface area contributed by atoms with E-state index in [-0.39, 0.29) is 17.6 Å². The second-order valence-electron chi connectivity index (χ2n) is 6.57. The topological polar surface area (TPSA) is 64.0 Å². The van der Waals surface area contributed by atoms with Crippen molar-refractivity contribution in [2.75, 3.05) is 18.6 Å². The second kappa shape index (κ2) is 6.90. The van der Waals surface area contributed by atoms with Crippen molar-refractivity contribution >= 4 is 5.69 Å². The number of methoxy groups -OCH3 is 1. The summed E-state index contributed by atoms with van der Waals surface area (Å²) >= 11 is 0. The minimum atomic E-state index is -0.317. The lowest BCUT2D eigenvalue weighted by atomic mass is 9.98. The molecule has 3 heterocycles. The number of ether oxygens (including phenoxy) is 1. The smallest absolute Gasteiger partial charge is 0.197 e. The van der Waals surface area contributed by atoms with Crippen LogP contribution in [-0.4, -0.2) is 33.6 Å². The maximum Gasteiger partial charge on any atom is 0.197 e. The van der Waals surface area contributed by atoms with Crippen LogP contribution < -0.4 is 9.64 Å². The Morgan fingerprint density at radius 3 is 2.67 bits per heavy atom. The van der Waals surface area contributed by atoms with E-state index in [1.54, 1.807) is 31.5 Å². The van der Waals surface area contributed by atoms with Crippen LogP contribution in [0, 0.1) is 12.7 Å². The van der Waals surface area contributed by atoms with Gasteiger partial charge in [0, 0.05) is 48.9 Å². The molecule has 1 aliphatic heterocycles. The number of aromatic nitrogens is 4. The van der Waals surface area contributed by atoms with E-state index < -0.39 is 0 Å². The maximum atomic E-state index is 14.1. The quantitative estimate of drug-likeness (QED) is 0.708. The number of nitrogens with zero attached hydrogens (tertiary/aromatic N) is 5.